The quantitative estimate of drug-likeness (QED) is 0.682. The van der Waals surface area contributed by atoms with E-state index in [2.05, 4.69) is 20.4 Å². The first kappa shape index (κ1) is 19.5. The molecule has 0 spiro atoms. The zero-order chi connectivity index (χ0) is 20.4. The van der Waals surface area contributed by atoms with Crippen molar-refractivity contribution in [3.63, 3.8) is 0 Å². The van der Waals surface area contributed by atoms with Gasteiger partial charge in [0.15, 0.2) is 6.10 Å². The maximum absolute atomic E-state index is 12.4. The molecule has 0 saturated heterocycles. The molecule has 0 bridgehead atoms. The number of aryl methyl sites for hydroxylation is 4. The van der Waals surface area contributed by atoms with Gasteiger partial charge in [0, 0.05) is 22.6 Å². The minimum absolute atomic E-state index is 0.00155. The lowest BCUT2D eigenvalue weighted by Gasteiger charge is -2.16. The summed E-state index contributed by atoms with van der Waals surface area (Å²) in [5.74, 6) is -0.398. The Balaban J connectivity index is 1.67. The summed E-state index contributed by atoms with van der Waals surface area (Å²) in [7, 11) is 0. The van der Waals surface area contributed by atoms with Gasteiger partial charge < -0.3 is 10.1 Å². The molecule has 0 saturated carbocycles. The molecule has 8 nitrogen and oxygen atoms in total. The Morgan fingerprint density at radius 2 is 1.96 bits per heavy atom. The van der Waals surface area contributed by atoms with Crippen LogP contribution in [0.1, 0.15) is 35.0 Å². The van der Waals surface area contributed by atoms with E-state index in [0.29, 0.717) is 22.7 Å². The molecule has 8 heteroatoms. The average molecular weight is 381 g/mol. The zero-order valence-electron chi connectivity index (χ0n) is 16.6. The lowest BCUT2D eigenvalue weighted by Crippen LogP contribution is -2.31. The maximum Gasteiger partial charge on any atom is 0.311 e. The van der Waals surface area contributed by atoms with Gasteiger partial charge in [0.05, 0.1) is 6.42 Å². The van der Waals surface area contributed by atoms with Gasteiger partial charge in [-0.1, -0.05) is 12.1 Å². The van der Waals surface area contributed by atoms with Crippen molar-refractivity contribution in [2.24, 2.45) is 0 Å². The van der Waals surface area contributed by atoms with Crippen LogP contribution in [0.25, 0.3) is 5.78 Å². The molecule has 1 atom stereocenters. The number of esters is 1. The van der Waals surface area contributed by atoms with Crippen LogP contribution in [0.4, 0.5) is 5.69 Å². The average Bonchev–Trinajstić information content (AvgIpc) is 3.10. The van der Waals surface area contributed by atoms with E-state index in [1.165, 1.54) is 6.33 Å². The number of carbonyl (C=O) groups is 2. The van der Waals surface area contributed by atoms with E-state index in [0.717, 1.165) is 16.8 Å². The van der Waals surface area contributed by atoms with Crippen LogP contribution in [0, 0.1) is 27.7 Å². The Kier molecular flexibility index (Phi) is 5.39. The van der Waals surface area contributed by atoms with Crippen LogP contribution in [0.5, 0.6) is 0 Å². The van der Waals surface area contributed by atoms with Gasteiger partial charge in [-0.25, -0.2) is 9.50 Å². The number of aromatic nitrogens is 4. The lowest BCUT2D eigenvalue weighted by molar-refractivity contribution is -0.152. The van der Waals surface area contributed by atoms with Crippen molar-refractivity contribution < 1.29 is 14.3 Å². The van der Waals surface area contributed by atoms with E-state index in [9.17, 15) is 9.59 Å². The van der Waals surface area contributed by atoms with Gasteiger partial charge in [-0.15, -0.1) is 0 Å². The fraction of sp³-hybridized carbons (Fsp3) is 0.350. The minimum atomic E-state index is -0.920. The second-order valence-electron chi connectivity index (χ2n) is 6.85. The third-order valence-electron chi connectivity index (χ3n) is 4.64. The van der Waals surface area contributed by atoms with E-state index in [1.54, 1.807) is 18.4 Å². The number of carbonyl (C=O) groups excluding carboxylic acids is 2. The number of nitrogens with one attached hydrogen (secondary N) is 1. The monoisotopic (exact) mass is 381 g/mol. The molecule has 2 heterocycles. The van der Waals surface area contributed by atoms with Crippen molar-refractivity contribution in [2.75, 3.05) is 5.32 Å². The van der Waals surface area contributed by atoms with Crippen molar-refractivity contribution in [1.82, 2.24) is 19.6 Å². The number of ether oxygens (including phenoxy) is 1. The third-order valence-corrected chi connectivity index (χ3v) is 4.64. The van der Waals surface area contributed by atoms with Crippen LogP contribution < -0.4 is 5.32 Å². The molecule has 3 rings (SSSR count). The van der Waals surface area contributed by atoms with Crippen molar-refractivity contribution in [1.29, 1.82) is 0 Å². The smallest absolute Gasteiger partial charge is 0.311 e. The number of hydrogen-bond acceptors (Lipinski definition) is 6. The second-order valence-corrected chi connectivity index (χ2v) is 6.85. The van der Waals surface area contributed by atoms with Gasteiger partial charge in [0.25, 0.3) is 11.7 Å². The van der Waals surface area contributed by atoms with Gasteiger partial charge in [0.1, 0.15) is 6.33 Å². The first-order valence-corrected chi connectivity index (χ1v) is 8.99. The predicted molar refractivity (Wildman–Crippen MR) is 104 cm³/mol. The van der Waals surface area contributed by atoms with E-state index >= 15 is 0 Å². The first-order valence-electron chi connectivity index (χ1n) is 8.99. The summed E-state index contributed by atoms with van der Waals surface area (Å²) in [4.78, 5) is 33.2. The molecule has 28 heavy (non-hydrogen) atoms. The Morgan fingerprint density at radius 3 is 2.71 bits per heavy atom. The summed E-state index contributed by atoms with van der Waals surface area (Å²) in [5.41, 5.74) is 4.85. The molecule has 3 aromatic rings. The number of nitrogens with zero attached hydrogens (tertiary/aromatic N) is 4. The highest BCUT2D eigenvalue weighted by Crippen LogP contribution is 2.18. The number of fused-ring (bicyclic) bond motifs is 1. The second kappa shape index (κ2) is 7.75. The normalized spacial score (nSPS) is 12.0. The van der Waals surface area contributed by atoms with Gasteiger partial charge in [-0.3, -0.25) is 9.59 Å². The van der Waals surface area contributed by atoms with Gasteiger partial charge in [-0.05, 0) is 51.8 Å². The number of anilines is 1. The number of benzene rings is 1. The molecule has 0 aliphatic carbocycles. The predicted octanol–water partition coefficient (Wildman–Crippen LogP) is 2.47. The summed E-state index contributed by atoms with van der Waals surface area (Å²) in [6.07, 6.45) is 0.495. The van der Waals surface area contributed by atoms with E-state index < -0.39 is 12.1 Å². The summed E-state index contributed by atoms with van der Waals surface area (Å²) in [5, 5.41) is 6.92. The molecule has 1 aromatic carbocycles. The Hall–Kier alpha value is -3.29. The summed E-state index contributed by atoms with van der Waals surface area (Å²) in [6.45, 7) is 9.06. The largest absolute Gasteiger partial charge is 0.452 e. The molecule has 0 fully saturated rings. The lowest BCUT2D eigenvalue weighted by atomic mass is 10.1. The third kappa shape index (κ3) is 4.00. The molecule has 146 valence electrons. The van der Waals surface area contributed by atoms with Crippen LogP contribution in [-0.4, -0.2) is 37.6 Å². The Bertz CT molecular complexity index is 1060. The number of hydrogen-bond donors (Lipinski definition) is 1. The topological polar surface area (TPSA) is 98.5 Å². The van der Waals surface area contributed by atoms with Crippen molar-refractivity contribution >= 4 is 23.3 Å². The highest BCUT2D eigenvalue weighted by Gasteiger charge is 2.21. The van der Waals surface area contributed by atoms with E-state index in [4.69, 9.17) is 4.74 Å². The standard InChI is InChI=1S/C20H23N5O3/c1-11-6-7-12(2)17(8-11)24-19(27)15(5)28-18(26)9-16-13(3)23-20-21-10-22-25(20)14(16)4/h6-8,10,15H,9H2,1-5H3,(H,24,27)/t15-/m0/s1. The molecule has 0 unspecified atom stereocenters. The van der Waals surface area contributed by atoms with E-state index in [-0.39, 0.29) is 12.3 Å². The van der Waals surface area contributed by atoms with Crippen molar-refractivity contribution in [2.45, 2.75) is 47.1 Å². The van der Waals surface area contributed by atoms with Crippen LogP contribution in [0.15, 0.2) is 24.5 Å². The molecule has 1 amide bonds. The van der Waals surface area contributed by atoms with Gasteiger partial charge >= 0.3 is 5.97 Å². The van der Waals surface area contributed by atoms with Crippen LogP contribution in [0.3, 0.4) is 0 Å². The van der Waals surface area contributed by atoms with Crippen molar-refractivity contribution in [3.05, 3.63) is 52.6 Å². The fourth-order valence-electron chi connectivity index (χ4n) is 2.95. The van der Waals surface area contributed by atoms with E-state index in [1.807, 2.05) is 39.0 Å². The van der Waals surface area contributed by atoms with Crippen LogP contribution in [0.2, 0.25) is 0 Å². The number of rotatable bonds is 5. The molecule has 0 aliphatic heterocycles. The summed E-state index contributed by atoms with van der Waals surface area (Å²) >= 11 is 0. The molecule has 2 aromatic heterocycles. The Morgan fingerprint density at radius 1 is 1.21 bits per heavy atom. The SMILES string of the molecule is Cc1ccc(C)c(NC(=O)[C@H](C)OC(=O)Cc2c(C)nc3ncnn3c2C)c1. The summed E-state index contributed by atoms with van der Waals surface area (Å²) in [6, 6.07) is 5.78. The van der Waals surface area contributed by atoms with Crippen LogP contribution >= 0.6 is 0 Å². The van der Waals surface area contributed by atoms with Crippen LogP contribution in [-0.2, 0) is 20.7 Å². The number of amides is 1. The molecular formula is C20H23N5O3. The maximum atomic E-state index is 12.4. The molecule has 1 N–H and O–H groups in total. The highest BCUT2D eigenvalue weighted by atomic mass is 16.5. The minimum Gasteiger partial charge on any atom is -0.452 e. The first-order chi connectivity index (χ1) is 13.3. The molecule has 0 radical (unpaired) electrons. The Labute approximate surface area is 163 Å². The molecular weight excluding hydrogens is 358 g/mol. The summed E-state index contributed by atoms with van der Waals surface area (Å²) < 4.78 is 6.91. The highest BCUT2D eigenvalue weighted by molar-refractivity contribution is 5.95. The molecule has 0 aliphatic rings. The zero-order valence-corrected chi connectivity index (χ0v) is 16.6. The van der Waals surface area contributed by atoms with Crippen molar-refractivity contribution in [3.8, 4) is 0 Å². The van der Waals surface area contributed by atoms with Gasteiger partial charge in [-0.2, -0.15) is 10.1 Å². The van der Waals surface area contributed by atoms with Gasteiger partial charge in [0.2, 0.25) is 0 Å². The fourth-order valence-corrected chi connectivity index (χ4v) is 2.95.